The normalized spacial score (nSPS) is 18.3. The highest BCUT2D eigenvalue weighted by molar-refractivity contribution is 5.76. The average Bonchev–Trinajstić information content (AvgIpc) is 3.03. The summed E-state index contributed by atoms with van der Waals surface area (Å²) in [5.74, 6) is 1.23. The lowest BCUT2D eigenvalue weighted by atomic mass is 9.96. The van der Waals surface area contributed by atoms with Gasteiger partial charge in [0.25, 0.3) is 5.56 Å². The number of aryl methyl sites for hydroxylation is 1. The van der Waals surface area contributed by atoms with Gasteiger partial charge in [0.1, 0.15) is 11.3 Å². The first-order chi connectivity index (χ1) is 11.8. The van der Waals surface area contributed by atoms with E-state index in [1.54, 1.807) is 7.05 Å². The van der Waals surface area contributed by atoms with E-state index in [-0.39, 0.29) is 17.4 Å². The second-order valence-corrected chi connectivity index (χ2v) is 7.30. The van der Waals surface area contributed by atoms with E-state index in [1.165, 1.54) is 11.6 Å². The molecule has 136 valence electrons. The van der Waals surface area contributed by atoms with E-state index < -0.39 is 5.69 Å². The van der Waals surface area contributed by atoms with Gasteiger partial charge in [-0.25, -0.2) is 9.78 Å². The summed E-state index contributed by atoms with van der Waals surface area (Å²) < 4.78 is 2.45. The van der Waals surface area contributed by atoms with E-state index in [4.69, 9.17) is 0 Å². The van der Waals surface area contributed by atoms with Crippen molar-refractivity contribution in [1.29, 1.82) is 0 Å². The van der Waals surface area contributed by atoms with Crippen LogP contribution >= 0.6 is 0 Å². The van der Waals surface area contributed by atoms with Gasteiger partial charge in [0.05, 0.1) is 0 Å². The van der Waals surface area contributed by atoms with Gasteiger partial charge >= 0.3 is 5.69 Å². The third-order valence-corrected chi connectivity index (χ3v) is 4.86. The molecule has 1 atom stereocenters. The first kappa shape index (κ1) is 17.4. The van der Waals surface area contributed by atoms with Crippen molar-refractivity contribution in [3.63, 3.8) is 0 Å². The quantitative estimate of drug-likeness (QED) is 0.885. The van der Waals surface area contributed by atoms with Crippen molar-refractivity contribution in [3.05, 3.63) is 26.7 Å². The third-order valence-electron chi connectivity index (χ3n) is 4.86. The smallest absolute Gasteiger partial charge is 0.332 e. The number of nitrogens with zero attached hydrogens (tertiary/aromatic N) is 4. The Morgan fingerprint density at radius 3 is 2.68 bits per heavy atom. The van der Waals surface area contributed by atoms with Crippen molar-refractivity contribution < 1.29 is 4.79 Å². The van der Waals surface area contributed by atoms with Gasteiger partial charge in [0.15, 0.2) is 5.65 Å². The van der Waals surface area contributed by atoms with Crippen LogP contribution in [0.15, 0.2) is 9.59 Å². The Bertz CT molecular complexity index is 921. The van der Waals surface area contributed by atoms with Crippen LogP contribution in [0.3, 0.4) is 0 Å². The summed E-state index contributed by atoms with van der Waals surface area (Å²) in [4.78, 5) is 46.2. The van der Waals surface area contributed by atoms with Crippen molar-refractivity contribution in [2.24, 2.45) is 20.0 Å². The van der Waals surface area contributed by atoms with Gasteiger partial charge < -0.3 is 9.88 Å². The Labute approximate surface area is 145 Å². The molecule has 1 amide bonds. The number of aromatic nitrogens is 4. The molecule has 2 aromatic heterocycles. The molecule has 0 spiro atoms. The Morgan fingerprint density at radius 1 is 1.28 bits per heavy atom. The van der Waals surface area contributed by atoms with Crippen molar-refractivity contribution >= 4 is 17.1 Å². The fourth-order valence-corrected chi connectivity index (χ4v) is 3.44. The topological polar surface area (TPSA) is 93.0 Å². The van der Waals surface area contributed by atoms with Crippen molar-refractivity contribution in [2.75, 3.05) is 13.1 Å². The summed E-state index contributed by atoms with van der Waals surface area (Å²) in [6.07, 6.45) is 2.35. The van der Waals surface area contributed by atoms with E-state index in [9.17, 15) is 14.4 Å². The van der Waals surface area contributed by atoms with Crippen LogP contribution in [-0.2, 0) is 18.9 Å². The summed E-state index contributed by atoms with van der Waals surface area (Å²) >= 11 is 0. The number of fused-ring (bicyclic) bond motifs is 1. The molecular weight excluding hydrogens is 322 g/mol. The molecule has 8 nitrogen and oxygen atoms in total. The van der Waals surface area contributed by atoms with Crippen LogP contribution in [0.25, 0.3) is 11.2 Å². The Morgan fingerprint density at radius 2 is 2.00 bits per heavy atom. The standard InChI is InChI=1S/C17H25N5O3/c1-10(2)8-12(23)22-7-5-6-11(9-22)14-18-13-15(19-14)20(3)17(25)21(4)16(13)24/h10-11H,5-9H2,1-4H3,(H,18,19). The highest BCUT2D eigenvalue weighted by Gasteiger charge is 2.27. The van der Waals surface area contributed by atoms with E-state index in [0.29, 0.717) is 35.9 Å². The lowest BCUT2D eigenvalue weighted by Gasteiger charge is -2.32. The minimum absolute atomic E-state index is 0.0528. The minimum atomic E-state index is -0.395. The maximum absolute atomic E-state index is 12.4. The summed E-state index contributed by atoms with van der Waals surface area (Å²) in [5, 5.41) is 0. The molecule has 2 aromatic rings. The van der Waals surface area contributed by atoms with Crippen molar-refractivity contribution in [1.82, 2.24) is 24.0 Å². The fraction of sp³-hybridized carbons (Fsp3) is 0.647. The SMILES string of the molecule is CC(C)CC(=O)N1CCCC(c2nc3c([nH]2)c(=O)n(C)c(=O)n3C)C1. The zero-order valence-electron chi connectivity index (χ0n) is 15.2. The molecule has 1 fully saturated rings. The second-order valence-electron chi connectivity index (χ2n) is 7.30. The predicted molar refractivity (Wildman–Crippen MR) is 94.6 cm³/mol. The number of nitrogens with one attached hydrogen (secondary N) is 1. The maximum Gasteiger partial charge on any atom is 0.332 e. The molecule has 0 bridgehead atoms. The van der Waals surface area contributed by atoms with Gasteiger partial charge in [-0.05, 0) is 18.8 Å². The molecule has 1 aliphatic rings. The Hall–Kier alpha value is -2.38. The summed E-state index contributed by atoms with van der Waals surface area (Å²) in [5.41, 5.74) is -0.0627. The largest absolute Gasteiger partial charge is 0.342 e. The van der Waals surface area contributed by atoms with Crippen molar-refractivity contribution in [3.8, 4) is 0 Å². The summed E-state index contributed by atoms with van der Waals surface area (Å²) in [6, 6.07) is 0. The molecule has 1 N–H and O–H groups in total. The van der Waals surface area contributed by atoms with Crippen LogP contribution in [0.2, 0.25) is 0 Å². The van der Waals surface area contributed by atoms with Gasteiger partial charge in [-0.1, -0.05) is 13.8 Å². The molecule has 25 heavy (non-hydrogen) atoms. The molecule has 1 aliphatic heterocycles. The fourth-order valence-electron chi connectivity index (χ4n) is 3.44. The van der Waals surface area contributed by atoms with E-state index >= 15 is 0 Å². The molecule has 3 heterocycles. The number of carbonyl (C=O) groups is 1. The second kappa shape index (κ2) is 6.50. The van der Waals surface area contributed by atoms with Crippen LogP contribution in [-0.4, -0.2) is 43.0 Å². The molecule has 0 saturated carbocycles. The maximum atomic E-state index is 12.4. The van der Waals surface area contributed by atoms with Crippen LogP contribution in [0.5, 0.6) is 0 Å². The molecule has 1 saturated heterocycles. The molecule has 0 aromatic carbocycles. The van der Waals surface area contributed by atoms with E-state index in [2.05, 4.69) is 9.97 Å². The number of piperidine rings is 1. The van der Waals surface area contributed by atoms with Gasteiger partial charge in [-0.15, -0.1) is 0 Å². The van der Waals surface area contributed by atoms with Crippen molar-refractivity contribution in [2.45, 2.75) is 39.0 Å². The van der Waals surface area contributed by atoms with Crippen LogP contribution < -0.4 is 11.2 Å². The third kappa shape index (κ3) is 3.12. The highest BCUT2D eigenvalue weighted by Crippen LogP contribution is 2.26. The number of hydrogen-bond donors (Lipinski definition) is 1. The molecular formula is C17H25N5O3. The Kier molecular flexibility index (Phi) is 4.53. The number of rotatable bonds is 3. The lowest BCUT2D eigenvalue weighted by molar-refractivity contribution is -0.133. The first-order valence-electron chi connectivity index (χ1n) is 8.73. The zero-order valence-corrected chi connectivity index (χ0v) is 15.2. The van der Waals surface area contributed by atoms with E-state index in [1.807, 2.05) is 18.7 Å². The van der Waals surface area contributed by atoms with Gasteiger partial charge in [0.2, 0.25) is 5.91 Å². The minimum Gasteiger partial charge on any atom is -0.342 e. The van der Waals surface area contributed by atoms with Gasteiger partial charge in [-0.2, -0.15) is 0 Å². The van der Waals surface area contributed by atoms with Crippen LogP contribution in [0.4, 0.5) is 0 Å². The number of likely N-dealkylation sites (tertiary alicyclic amines) is 1. The number of H-pyrrole nitrogens is 1. The van der Waals surface area contributed by atoms with Crippen LogP contribution in [0, 0.1) is 5.92 Å². The monoisotopic (exact) mass is 347 g/mol. The molecule has 3 rings (SSSR count). The average molecular weight is 347 g/mol. The molecule has 1 unspecified atom stereocenters. The zero-order chi connectivity index (χ0) is 18.3. The summed E-state index contributed by atoms with van der Waals surface area (Å²) in [6.45, 7) is 5.44. The number of amides is 1. The van der Waals surface area contributed by atoms with Gasteiger partial charge in [0, 0.05) is 39.5 Å². The molecule has 8 heteroatoms. The number of aromatic amines is 1. The molecule has 0 aliphatic carbocycles. The summed E-state index contributed by atoms with van der Waals surface area (Å²) in [7, 11) is 3.06. The van der Waals surface area contributed by atoms with E-state index in [0.717, 1.165) is 24.0 Å². The van der Waals surface area contributed by atoms with Gasteiger partial charge in [-0.3, -0.25) is 18.7 Å². The first-order valence-corrected chi connectivity index (χ1v) is 8.73. The predicted octanol–water partition coefficient (Wildman–Crippen LogP) is 0.712. The number of hydrogen-bond acceptors (Lipinski definition) is 4. The number of carbonyl (C=O) groups excluding carboxylic acids is 1. The van der Waals surface area contributed by atoms with Crippen LogP contribution in [0.1, 0.15) is 44.9 Å². The molecule has 0 radical (unpaired) electrons. The highest BCUT2D eigenvalue weighted by atomic mass is 16.2. The number of imidazole rings is 1. The lowest BCUT2D eigenvalue weighted by Crippen LogP contribution is -2.39. The Balaban J connectivity index is 1.93.